The summed E-state index contributed by atoms with van der Waals surface area (Å²) in [5, 5.41) is 0. The molecule has 19 heavy (non-hydrogen) atoms. The van der Waals surface area contributed by atoms with E-state index in [0.29, 0.717) is 12.0 Å². The molecular formula is C15H20BNO2. The lowest BCUT2D eigenvalue weighted by Crippen LogP contribution is -2.34. The Kier molecular flexibility index (Phi) is 2.21. The van der Waals surface area contributed by atoms with Gasteiger partial charge in [-0.3, -0.25) is 0 Å². The van der Waals surface area contributed by atoms with Gasteiger partial charge in [-0.15, -0.1) is 0 Å². The Balaban J connectivity index is 1.69. The topological polar surface area (TPSA) is 21.7 Å². The van der Waals surface area contributed by atoms with Gasteiger partial charge in [-0.05, 0) is 43.8 Å². The van der Waals surface area contributed by atoms with Crippen LogP contribution < -0.4 is 10.4 Å². The molecule has 1 aromatic carbocycles. The zero-order valence-corrected chi connectivity index (χ0v) is 11.9. The summed E-state index contributed by atoms with van der Waals surface area (Å²) in [6.45, 7) is 6.00. The third-order valence-electron chi connectivity index (χ3n) is 4.68. The van der Waals surface area contributed by atoms with E-state index in [0.717, 1.165) is 0 Å². The molecule has 0 amide bonds. The zero-order chi connectivity index (χ0) is 13.3. The number of fused-ring (bicyclic) bond motifs is 2. The van der Waals surface area contributed by atoms with Gasteiger partial charge in [0, 0.05) is 24.7 Å². The van der Waals surface area contributed by atoms with Crippen molar-refractivity contribution in [2.45, 2.75) is 37.7 Å². The van der Waals surface area contributed by atoms with Gasteiger partial charge in [0.15, 0.2) is 0 Å². The Morgan fingerprint density at radius 1 is 1.26 bits per heavy atom. The first kappa shape index (κ1) is 11.8. The maximum absolute atomic E-state index is 5.97. The van der Waals surface area contributed by atoms with E-state index in [9.17, 15) is 0 Å². The summed E-state index contributed by atoms with van der Waals surface area (Å²) in [6, 6.07) is 6.70. The van der Waals surface area contributed by atoms with Crippen LogP contribution in [0.3, 0.4) is 0 Å². The van der Waals surface area contributed by atoms with Crippen molar-refractivity contribution in [3.63, 3.8) is 0 Å². The summed E-state index contributed by atoms with van der Waals surface area (Å²) in [4.78, 5) is 2.38. The second kappa shape index (κ2) is 3.55. The summed E-state index contributed by atoms with van der Waals surface area (Å²) < 4.78 is 11.8. The van der Waals surface area contributed by atoms with Crippen LogP contribution in [-0.4, -0.2) is 32.9 Å². The van der Waals surface area contributed by atoms with E-state index in [4.69, 9.17) is 9.31 Å². The van der Waals surface area contributed by atoms with Crippen molar-refractivity contribution in [2.75, 3.05) is 25.1 Å². The van der Waals surface area contributed by atoms with Crippen molar-refractivity contribution >= 4 is 18.3 Å². The maximum atomic E-state index is 5.97. The average molecular weight is 257 g/mol. The predicted octanol–water partition coefficient (Wildman–Crippen LogP) is 1.69. The lowest BCUT2D eigenvalue weighted by molar-refractivity contribution is 0.137. The van der Waals surface area contributed by atoms with Crippen LogP contribution in [-0.2, 0) is 14.7 Å². The van der Waals surface area contributed by atoms with Crippen LogP contribution in [0.4, 0.5) is 5.69 Å². The highest BCUT2D eigenvalue weighted by atomic mass is 16.7. The summed E-state index contributed by atoms with van der Waals surface area (Å²) in [5.74, 6) is 0. The predicted molar refractivity (Wildman–Crippen MR) is 77.1 cm³/mol. The van der Waals surface area contributed by atoms with E-state index >= 15 is 0 Å². The van der Waals surface area contributed by atoms with Crippen molar-refractivity contribution in [3.05, 3.63) is 23.8 Å². The Morgan fingerprint density at radius 2 is 2.05 bits per heavy atom. The highest BCUT2D eigenvalue weighted by Crippen LogP contribution is 2.55. The summed E-state index contributed by atoms with van der Waals surface area (Å²) in [5.41, 5.74) is 4.33. The van der Waals surface area contributed by atoms with Gasteiger partial charge in [-0.25, -0.2) is 0 Å². The SMILES string of the molecule is CN1CC2(CC2)c2cc(B3OCC(C)(C)O3)ccc21. The molecule has 3 nitrogen and oxygen atoms in total. The first-order valence-corrected chi connectivity index (χ1v) is 7.14. The van der Waals surface area contributed by atoms with Crippen LogP contribution >= 0.6 is 0 Å². The molecule has 0 bridgehead atoms. The second-order valence-electron chi connectivity index (χ2n) is 6.93. The monoisotopic (exact) mass is 257 g/mol. The van der Waals surface area contributed by atoms with E-state index in [1.54, 1.807) is 0 Å². The number of hydrogen-bond acceptors (Lipinski definition) is 3. The molecule has 2 heterocycles. The molecule has 100 valence electrons. The van der Waals surface area contributed by atoms with E-state index in [2.05, 4.69) is 44.0 Å². The Hall–Kier alpha value is -0.995. The Labute approximate surface area is 115 Å². The number of likely N-dealkylation sites (N-methyl/N-ethyl adjacent to an activating group) is 1. The molecule has 1 aromatic rings. The van der Waals surface area contributed by atoms with Gasteiger partial charge < -0.3 is 14.2 Å². The van der Waals surface area contributed by atoms with E-state index in [1.807, 2.05) is 0 Å². The molecule has 3 aliphatic rings. The maximum Gasteiger partial charge on any atom is 0.494 e. The highest BCUT2D eigenvalue weighted by molar-refractivity contribution is 6.62. The molecule has 0 unspecified atom stereocenters. The third kappa shape index (κ3) is 1.73. The Bertz CT molecular complexity index is 539. The van der Waals surface area contributed by atoms with Crippen molar-refractivity contribution in [2.24, 2.45) is 0 Å². The fraction of sp³-hybridized carbons (Fsp3) is 0.600. The van der Waals surface area contributed by atoms with Gasteiger partial charge in [-0.2, -0.15) is 0 Å². The quantitative estimate of drug-likeness (QED) is 0.714. The minimum atomic E-state index is -0.193. The lowest BCUT2D eigenvalue weighted by atomic mass is 9.77. The van der Waals surface area contributed by atoms with Gasteiger partial charge in [0.05, 0.1) is 12.2 Å². The van der Waals surface area contributed by atoms with E-state index in [-0.39, 0.29) is 12.7 Å². The molecule has 0 N–H and O–H groups in total. The first-order chi connectivity index (χ1) is 8.99. The molecule has 1 saturated heterocycles. The molecule has 0 aromatic heterocycles. The molecule has 4 heteroatoms. The molecule has 0 radical (unpaired) electrons. The largest absolute Gasteiger partial charge is 0.494 e. The number of rotatable bonds is 1. The first-order valence-electron chi connectivity index (χ1n) is 7.14. The van der Waals surface area contributed by atoms with E-state index in [1.165, 1.54) is 36.1 Å². The van der Waals surface area contributed by atoms with Gasteiger partial charge in [0.2, 0.25) is 0 Å². The third-order valence-corrected chi connectivity index (χ3v) is 4.68. The van der Waals surface area contributed by atoms with Crippen LogP contribution in [0.15, 0.2) is 18.2 Å². The molecule has 1 aliphatic carbocycles. The van der Waals surface area contributed by atoms with E-state index < -0.39 is 0 Å². The molecule has 2 fully saturated rings. The van der Waals surface area contributed by atoms with Crippen molar-refractivity contribution < 1.29 is 9.31 Å². The minimum Gasteiger partial charge on any atom is -0.404 e. The minimum absolute atomic E-state index is 0.169. The van der Waals surface area contributed by atoms with Crippen LogP contribution in [0.1, 0.15) is 32.3 Å². The number of benzene rings is 1. The normalized spacial score (nSPS) is 26.1. The molecular weight excluding hydrogens is 237 g/mol. The van der Waals surface area contributed by atoms with Gasteiger partial charge in [-0.1, -0.05) is 12.1 Å². The van der Waals surface area contributed by atoms with Crippen LogP contribution in [0.5, 0.6) is 0 Å². The van der Waals surface area contributed by atoms with Crippen molar-refractivity contribution in [1.29, 1.82) is 0 Å². The van der Waals surface area contributed by atoms with Gasteiger partial charge in [0.25, 0.3) is 0 Å². The standard InChI is InChI=1S/C15H20BNO2/c1-14(2)10-18-16(19-14)11-4-5-13-12(8-11)15(6-7-15)9-17(13)3/h4-5,8H,6-7,9-10H2,1-3H3. The summed E-state index contributed by atoms with van der Waals surface area (Å²) >= 11 is 0. The van der Waals surface area contributed by atoms with Gasteiger partial charge in [0.1, 0.15) is 0 Å². The Morgan fingerprint density at radius 3 is 2.68 bits per heavy atom. The van der Waals surface area contributed by atoms with Crippen molar-refractivity contribution in [1.82, 2.24) is 0 Å². The number of hydrogen-bond donors (Lipinski definition) is 0. The fourth-order valence-corrected chi connectivity index (χ4v) is 3.46. The summed E-state index contributed by atoms with van der Waals surface area (Å²) in [7, 11) is 2.00. The molecule has 0 atom stereocenters. The molecule has 1 spiro atoms. The molecule has 4 rings (SSSR count). The van der Waals surface area contributed by atoms with Crippen LogP contribution in [0, 0.1) is 0 Å². The highest BCUT2D eigenvalue weighted by Gasteiger charge is 2.51. The average Bonchev–Trinajstić information content (AvgIpc) is 2.97. The van der Waals surface area contributed by atoms with Crippen LogP contribution in [0.2, 0.25) is 0 Å². The smallest absolute Gasteiger partial charge is 0.404 e. The number of nitrogens with zero attached hydrogens (tertiary/aromatic N) is 1. The molecule has 1 saturated carbocycles. The summed E-state index contributed by atoms with van der Waals surface area (Å²) in [6.07, 6.45) is 2.65. The van der Waals surface area contributed by atoms with Crippen molar-refractivity contribution in [3.8, 4) is 0 Å². The van der Waals surface area contributed by atoms with Crippen LogP contribution in [0.25, 0.3) is 0 Å². The number of anilines is 1. The van der Waals surface area contributed by atoms with Gasteiger partial charge >= 0.3 is 7.12 Å². The zero-order valence-electron chi connectivity index (χ0n) is 11.9. The molecule has 2 aliphatic heterocycles. The fourth-order valence-electron chi connectivity index (χ4n) is 3.46. The second-order valence-corrected chi connectivity index (χ2v) is 6.93. The lowest BCUT2D eigenvalue weighted by Gasteiger charge is -2.16.